The van der Waals surface area contributed by atoms with Crippen molar-refractivity contribution in [1.82, 2.24) is 15.3 Å². The van der Waals surface area contributed by atoms with Crippen LogP contribution in [0.15, 0.2) is 4.79 Å². The Labute approximate surface area is 106 Å². The summed E-state index contributed by atoms with van der Waals surface area (Å²) in [6.45, 7) is 6.28. The zero-order chi connectivity index (χ0) is 13.3. The van der Waals surface area contributed by atoms with E-state index in [2.05, 4.69) is 15.3 Å². The average Bonchev–Trinajstić information content (AvgIpc) is 3.08. The largest absolute Gasteiger partial charge is 0.352 e. The molecule has 1 aromatic heterocycles. The summed E-state index contributed by atoms with van der Waals surface area (Å²) >= 11 is 0. The van der Waals surface area contributed by atoms with Crippen molar-refractivity contribution < 1.29 is 4.79 Å². The van der Waals surface area contributed by atoms with Crippen molar-refractivity contribution in [2.75, 3.05) is 6.54 Å². The van der Waals surface area contributed by atoms with Gasteiger partial charge in [0.25, 0.3) is 11.5 Å². The number of aromatic nitrogens is 2. The lowest BCUT2D eigenvalue weighted by atomic mass is 10.2. The second-order valence-electron chi connectivity index (χ2n) is 5.29. The van der Waals surface area contributed by atoms with E-state index in [4.69, 9.17) is 0 Å². The molecule has 1 aliphatic rings. The normalized spacial score (nSPS) is 14.9. The van der Waals surface area contributed by atoms with Crippen LogP contribution in [-0.2, 0) is 0 Å². The van der Waals surface area contributed by atoms with Crippen LogP contribution in [0.3, 0.4) is 0 Å². The van der Waals surface area contributed by atoms with Crippen LogP contribution in [0.1, 0.15) is 54.5 Å². The predicted octanol–water partition coefficient (Wildman–Crippen LogP) is 1.34. The molecule has 0 saturated heterocycles. The van der Waals surface area contributed by atoms with Gasteiger partial charge in [0.1, 0.15) is 11.4 Å². The number of carbonyl (C=O) groups is 1. The zero-order valence-corrected chi connectivity index (χ0v) is 11.0. The van der Waals surface area contributed by atoms with Crippen LogP contribution in [0.5, 0.6) is 0 Å². The number of rotatable bonds is 4. The van der Waals surface area contributed by atoms with Gasteiger partial charge in [0, 0.05) is 12.5 Å². The van der Waals surface area contributed by atoms with E-state index in [1.807, 2.05) is 13.8 Å². The van der Waals surface area contributed by atoms with Gasteiger partial charge in [-0.25, -0.2) is 4.98 Å². The summed E-state index contributed by atoms with van der Waals surface area (Å²) in [5.41, 5.74) is 0.326. The first kappa shape index (κ1) is 12.8. The number of aryl methyl sites for hydroxylation is 1. The van der Waals surface area contributed by atoms with Crippen molar-refractivity contribution >= 4 is 5.91 Å². The van der Waals surface area contributed by atoms with E-state index in [1.54, 1.807) is 6.92 Å². The van der Waals surface area contributed by atoms with Crippen LogP contribution >= 0.6 is 0 Å². The molecule has 5 nitrogen and oxygen atoms in total. The Morgan fingerprint density at radius 2 is 2.17 bits per heavy atom. The Bertz CT molecular complexity index is 515. The van der Waals surface area contributed by atoms with E-state index in [0.29, 0.717) is 24.1 Å². The van der Waals surface area contributed by atoms with Crippen LogP contribution in [-0.4, -0.2) is 22.4 Å². The van der Waals surface area contributed by atoms with Gasteiger partial charge in [0.05, 0.1) is 5.69 Å². The minimum absolute atomic E-state index is 0.139. The molecule has 1 amide bonds. The van der Waals surface area contributed by atoms with E-state index in [9.17, 15) is 9.59 Å². The summed E-state index contributed by atoms with van der Waals surface area (Å²) in [6.07, 6.45) is 2.14. The van der Waals surface area contributed by atoms with Gasteiger partial charge in [-0.1, -0.05) is 13.8 Å². The van der Waals surface area contributed by atoms with Gasteiger partial charge in [0.15, 0.2) is 0 Å². The first-order valence-electron chi connectivity index (χ1n) is 6.38. The number of aromatic amines is 1. The van der Waals surface area contributed by atoms with Crippen molar-refractivity contribution in [3.05, 3.63) is 27.4 Å². The number of nitrogens with zero attached hydrogens (tertiary/aromatic N) is 1. The molecule has 1 heterocycles. The fourth-order valence-corrected chi connectivity index (χ4v) is 1.81. The van der Waals surface area contributed by atoms with Crippen molar-refractivity contribution in [1.29, 1.82) is 0 Å². The van der Waals surface area contributed by atoms with E-state index in [0.717, 1.165) is 18.7 Å². The standard InChI is InChI=1S/C13H19N3O2/c1-7(2)6-14-12(17)10-8(3)15-11(9-4-5-9)16-13(10)18/h7,9H,4-6H2,1-3H3,(H,14,17)(H,15,16,18). The number of amides is 1. The van der Waals surface area contributed by atoms with Crippen LogP contribution in [0, 0.1) is 12.8 Å². The average molecular weight is 249 g/mol. The maximum atomic E-state index is 11.9. The van der Waals surface area contributed by atoms with E-state index >= 15 is 0 Å². The third-order valence-electron chi connectivity index (χ3n) is 2.98. The van der Waals surface area contributed by atoms with E-state index in [1.165, 1.54) is 0 Å². The Kier molecular flexibility index (Phi) is 3.50. The Morgan fingerprint density at radius 1 is 1.50 bits per heavy atom. The molecule has 5 heteroatoms. The smallest absolute Gasteiger partial charge is 0.264 e. The highest BCUT2D eigenvalue weighted by atomic mass is 16.2. The predicted molar refractivity (Wildman–Crippen MR) is 68.7 cm³/mol. The molecule has 98 valence electrons. The molecule has 1 aromatic rings. The minimum Gasteiger partial charge on any atom is -0.352 e. The molecule has 0 bridgehead atoms. The van der Waals surface area contributed by atoms with Crippen LogP contribution in [0.2, 0.25) is 0 Å². The van der Waals surface area contributed by atoms with Crippen molar-refractivity contribution in [3.8, 4) is 0 Å². The first-order chi connectivity index (χ1) is 8.49. The lowest BCUT2D eigenvalue weighted by molar-refractivity contribution is 0.0946. The van der Waals surface area contributed by atoms with E-state index in [-0.39, 0.29) is 17.0 Å². The molecule has 0 unspecified atom stereocenters. The highest BCUT2D eigenvalue weighted by molar-refractivity contribution is 5.94. The summed E-state index contributed by atoms with van der Waals surface area (Å²) in [5.74, 6) is 1.12. The Morgan fingerprint density at radius 3 is 2.67 bits per heavy atom. The molecule has 0 aliphatic heterocycles. The van der Waals surface area contributed by atoms with Crippen molar-refractivity contribution in [2.45, 2.75) is 39.5 Å². The Balaban J connectivity index is 2.22. The number of carbonyl (C=O) groups excluding carboxylic acids is 1. The van der Waals surface area contributed by atoms with Crippen molar-refractivity contribution in [3.63, 3.8) is 0 Å². The highest BCUT2D eigenvalue weighted by Gasteiger charge is 2.27. The second kappa shape index (κ2) is 4.92. The molecule has 1 fully saturated rings. The SMILES string of the molecule is Cc1nc(C2CC2)[nH]c(=O)c1C(=O)NCC(C)C. The quantitative estimate of drug-likeness (QED) is 0.845. The molecule has 0 atom stereocenters. The van der Waals surface area contributed by atoms with Gasteiger partial charge in [-0.3, -0.25) is 9.59 Å². The van der Waals surface area contributed by atoms with Crippen LogP contribution < -0.4 is 10.9 Å². The number of hydrogen-bond donors (Lipinski definition) is 2. The molecular formula is C13H19N3O2. The van der Waals surface area contributed by atoms with Crippen molar-refractivity contribution in [2.24, 2.45) is 5.92 Å². The molecule has 0 spiro atoms. The first-order valence-corrected chi connectivity index (χ1v) is 6.38. The minimum atomic E-state index is -0.336. The fourth-order valence-electron chi connectivity index (χ4n) is 1.81. The summed E-state index contributed by atoms with van der Waals surface area (Å²) in [6, 6.07) is 0. The number of nitrogens with one attached hydrogen (secondary N) is 2. The summed E-state index contributed by atoms with van der Waals surface area (Å²) < 4.78 is 0. The molecule has 0 radical (unpaired) electrons. The topological polar surface area (TPSA) is 74.8 Å². The molecular weight excluding hydrogens is 230 g/mol. The molecule has 2 N–H and O–H groups in total. The molecule has 0 aromatic carbocycles. The molecule has 18 heavy (non-hydrogen) atoms. The fraction of sp³-hybridized carbons (Fsp3) is 0.615. The van der Waals surface area contributed by atoms with Gasteiger partial charge >= 0.3 is 0 Å². The molecule has 1 saturated carbocycles. The highest BCUT2D eigenvalue weighted by Crippen LogP contribution is 2.37. The third-order valence-corrected chi connectivity index (χ3v) is 2.98. The van der Waals surface area contributed by atoms with Gasteiger partial charge in [-0.2, -0.15) is 0 Å². The molecule has 1 aliphatic carbocycles. The zero-order valence-electron chi connectivity index (χ0n) is 11.0. The number of hydrogen-bond acceptors (Lipinski definition) is 3. The van der Waals surface area contributed by atoms with Gasteiger partial charge in [0.2, 0.25) is 0 Å². The Hall–Kier alpha value is -1.65. The van der Waals surface area contributed by atoms with Gasteiger partial charge in [-0.05, 0) is 25.7 Å². The van der Waals surface area contributed by atoms with Gasteiger partial charge in [-0.15, -0.1) is 0 Å². The monoisotopic (exact) mass is 249 g/mol. The summed E-state index contributed by atoms with van der Waals surface area (Å²) in [4.78, 5) is 30.9. The van der Waals surface area contributed by atoms with Crippen LogP contribution in [0.4, 0.5) is 0 Å². The maximum absolute atomic E-state index is 11.9. The third kappa shape index (κ3) is 2.78. The molecule has 2 rings (SSSR count). The van der Waals surface area contributed by atoms with Crippen LogP contribution in [0.25, 0.3) is 0 Å². The summed E-state index contributed by atoms with van der Waals surface area (Å²) in [5, 5.41) is 2.75. The maximum Gasteiger partial charge on any atom is 0.264 e. The number of H-pyrrole nitrogens is 1. The summed E-state index contributed by atoms with van der Waals surface area (Å²) in [7, 11) is 0. The second-order valence-corrected chi connectivity index (χ2v) is 5.29. The lowest BCUT2D eigenvalue weighted by Crippen LogP contribution is -2.34. The van der Waals surface area contributed by atoms with Gasteiger partial charge < -0.3 is 10.3 Å². The van der Waals surface area contributed by atoms with E-state index < -0.39 is 0 Å². The lowest BCUT2D eigenvalue weighted by Gasteiger charge is -2.09.